The molecular weight excluding hydrogens is 317 g/mol. The molecule has 1 aromatic heterocycles. The van der Waals surface area contributed by atoms with Crippen molar-refractivity contribution in [2.75, 3.05) is 13.1 Å². The average molecular weight is 329 g/mol. The van der Waals surface area contributed by atoms with Crippen LogP contribution >= 0.6 is 23.1 Å². The van der Waals surface area contributed by atoms with Crippen LogP contribution < -0.4 is 5.56 Å². The molecule has 1 aromatic rings. The largest absolute Gasteiger partial charge is 0.389 e. The van der Waals surface area contributed by atoms with Crippen LogP contribution in [0.4, 0.5) is 13.2 Å². The molecule has 20 heavy (non-hydrogen) atoms. The van der Waals surface area contributed by atoms with Gasteiger partial charge < -0.3 is 4.90 Å². The molecule has 1 fully saturated rings. The van der Waals surface area contributed by atoms with Gasteiger partial charge in [0.05, 0.1) is 0 Å². The van der Waals surface area contributed by atoms with Gasteiger partial charge in [-0.3, -0.25) is 14.0 Å². The first-order valence-corrected chi connectivity index (χ1v) is 7.20. The first-order chi connectivity index (χ1) is 9.28. The first-order valence-electron chi connectivity index (χ1n) is 6.01. The standard InChI is InChI=1S/C11H12ClF3N2O2S/c12-7-8(20-16-9(7)18)10(19)17-3-1-6(2-4-17)5-11(13,14)15/h6H,1-5H2,(H,16,18). The molecule has 0 bridgehead atoms. The van der Waals surface area contributed by atoms with Crippen LogP contribution in [-0.4, -0.2) is 34.4 Å². The Morgan fingerprint density at radius 1 is 1.40 bits per heavy atom. The summed E-state index contributed by atoms with van der Waals surface area (Å²) in [7, 11) is 0. The number of halogens is 4. The van der Waals surface area contributed by atoms with Gasteiger partial charge in [0.25, 0.3) is 11.5 Å². The second kappa shape index (κ2) is 5.77. The number of hydrogen-bond donors (Lipinski definition) is 1. The fraction of sp³-hybridized carbons (Fsp3) is 0.636. The summed E-state index contributed by atoms with van der Waals surface area (Å²) >= 11 is 6.56. The number of alkyl halides is 3. The van der Waals surface area contributed by atoms with Crippen LogP contribution in [0.15, 0.2) is 4.79 Å². The maximum atomic E-state index is 12.3. The van der Waals surface area contributed by atoms with Crippen molar-refractivity contribution in [3.05, 3.63) is 20.3 Å². The van der Waals surface area contributed by atoms with E-state index in [-0.39, 0.29) is 23.0 Å². The van der Waals surface area contributed by atoms with Crippen LogP contribution in [0.25, 0.3) is 0 Å². The monoisotopic (exact) mass is 328 g/mol. The van der Waals surface area contributed by atoms with E-state index in [1.165, 1.54) is 4.90 Å². The molecule has 1 amide bonds. The first kappa shape index (κ1) is 15.4. The summed E-state index contributed by atoms with van der Waals surface area (Å²) in [5.74, 6) is -0.844. The number of H-pyrrole nitrogens is 1. The van der Waals surface area contributed by atoms with E-state index in [4.69, 9.17) is 11.6 Å². The highest BCUT2D eigenvalue weighted by atomic mass is 35.5. The summed E-state index contributed by atoms with van der Waals surface area (Å²) in [5.41, 5.74) is -0.521. The third kappa shape index (κ3) is 3.54. The van der Waals surface area contributed by atoms with Crippen molar-refractivity contribution in [1.29, 1.82) is 0 Å². The smallest absolute Gasteiger partial charge is 0.338 e. The van der Waals surface area contributed by atoms with Gasteiger partial charge in [-0.2, -0.15) is 13.2 Å². The van der Waals surface area contributed by atoms with Gasteiger partial charge in [-0.05, 0) is 18.8 Å². The molecule has 1 saturated heterocycles. The lowest BCUT2D eigenvalue weighted by molar-refractivity contribution is -0.147. The predicted octanol–water partition coefficient (Wildman–Crippen LogP) is 2.89. The fourth-order valence-electron chi connectivity index (χ4n) is 2.24. The molecule has 0 spiro atoms. The summed E-state index contributed by atoms with van der Waals surface area (Å²) < 4.78 is 39.2. The van der Waals surface area contributed by atoms with Gasteiger partial charge in [0.2, 0.25) is 0 Å². The van der Waals surface area contributed by atoms with E-state index in [9.17, 15) is 22.8 Å². The lowest BCUT2D eigenvalue weighted by atomic mass is 9.93. The van der Waals surface area contributed by atoms with Crippen molar-refractivity contribution in [1.82, 2.24) is 9.27 Å². The van der Waals surface area contributed by atoms with E-state index in [0.29, 0.717) is 12.8 Å². The van der Waals surface area contributed by atoms with Crippen molar-refractivity contribution in [2.24, 2.45) is 5.92 Å². The van der Waals surface area contributed by atoms with E-state index < -0.39 is 30.0 Å². The highest BCUT2D eigenvalue weighted by Gasteiger charge is 2.34. The number of aromatic amines is 1. The van der Waals surface area contributed by atoms with Crippen LogP contribution in [0.1, 0.15) is 28.9 Å². The van der Waals surface area contributed by atoms with Crippen molar-refractivity contribution in [2.45, 2.75) is 25.4 Å². The number of rotatable bonds is 2. The quantitative estimate of drug-likeness (QED) is 0.907. The maximum Gasteiger partial charge on any atom is 0.389 e. The van der Waals surface area contributed by atoms with E-state index in [0.717, 1.165) is 11.5 Å². The Kier molecular flexibility index (Phi) is 4.43. The number of hydrogen-bond acceptors (Lipinski definition) is 3. The van der Waals surface area contributed by atoms with E-state index in [2.05, 4.69) is 4.37 Å². The van der Waals surface area contributed by atoms with Gasteiger partial charge in [0, 0.05) is 19.5 Å². The fourth-order valence-corrected chi connectivity index (χ4v) is 3.23. The number of aromatic nitrogens is 1. The lowest BCUT2D eigenvalue weighted by Gasteiger charge is -2.32. The van der Waals surface area contributed by atoms with Crippen LogP contribution in [0, 0.1) is 5.92 Å². The number of carbonyl (C=O) groups excluding carboxylic acids is 1. The Morgan fingerprint density at radius 2 is 2.00 bits per heavy atom. The zero-order chi connectivity index (χ0) is 14.9. The molecule has 0 saturated carbocycles. The molecule has 0 atom stereocenters. The number of amides is 1. The van der Waals surface area contributed by atoms with Gasteiger partial charge >= 0.3 is 6.18 Å². The Morgan fingerprint density at radius 3 is 2.45 bits per heavy atom. The van der Waals surface area contributed by atoms with Crippen LogP contribution in [0.5, 0.6) is 0 Å². The Labute approximate surface area is 121 Å². The number of nitrogens with one attached hydrogen (secondary N) is 1. The molecule has 0 radical (unpaired) electrons. The summed E-state index contributed by atoms with van der Waals surface area (Å²) in [4.78, 5) is 24.8. The maximum absolute atomic E-state index is 12.3. The van der Waals surface area contributed by atoms with Gasteiger partial charge in [0.1, 0.15) is 9.90 Å². The molecule has 0 aromatic carbocycles. The number of nitrogens with zero attached hydrogens (tertiary/aromatic N) is 1. The second-order valence-corrected chi connectivity index (χ2v) is 5.93. The van der Waals surface area contributed by atoms with Gasteiger partial charge in [0.15, 0.2) is 0 Å². The highest BCUT2D eigenvalue weighted by Crippen LogP contribution is 2.31. The third-order valence-corrected chi connectivity index (χ3v) is 4.60. The van der Waals surface area contributed by atoms with Gasteiger partial charge in [-0.15, -0.1) is 0 Å². The van der Waals surface area contributed by atoms with Crippen molar-refractivity contribution >= 4 is 29.0 Å². The molecule has 4 nitrogen and oxygen atoms in total. The highest BCUT2D eigenvalue weighted by molar-refractivity contribution is 7.08. The Hall–Kier alpha value is -1.02. The molecule has 0 aliphatic carbocycles. The van der Waals surface area contributed by atoms with E-state index in [1.54, 1.807) is 0 Å². The zero-order valence-corrected chi connectivity index (χ0v) is 11.9. The molecule has 2 heterocycles. The summed E-state index contributed by atoms with van der Waals surface area (Å²) in [5, 5.41) is -0.155. The molecule has 2 rings (SSSR count). The summed E-state index contributed by atoms with van der Waals surface area (Å²) in [6, 6.07) is 0. The Bertz CT molecular complexity index is 547. The molecule has 0 unspecified atom stereocenters. The number of piperidine rings is 1. The van der Waals surface area contributed by atoms with Crippen LogP contribution in [0.2, 0.25) is 5.02 Å². The third-order valence-electron chi connectivity index (χ3n) is 3.26. The summed E-state index contributed by atoms with van der Waals surface area (Å²) in [6.07, 6.45) is -4.36. The Balaban J connectivity index is 1.96. The minimum absolute atomic E-state index is 0.117. The topological polar surface area (TPSA) is 53.2 Å². The predicted molar refractivity (Wildman–Crippen MR) is 69.2 cm³/mol. The molecule has 1 aliphatic rings. The van der Waals surface area contributed by atoms with Crippen molar-refractivity contribution in [3.8, 4) is 0 Å². The van der Waals surface area contributed by atoms with Crippen LogP contribution in [0.3, 0.4) is 0 Å². The SMILES string of the molecule is O=C(c1s[nH]c(=O)c1Cl)N1CCC(CC(F)(F)F)CC1. The number of carbonyl (C=O) groups is 1. The molecule has 1 N–H and O–H groups in total. The van der Waals surface area contributed by atoms with Crippen molar-refractivity contribution < 1.29 is 18.0 Å². The minimum atomic E-state index is -4.17. The summed E-state index contributed by atoms with van der Waals surface area (Å²) in [6.45, 7) is 0.504. The van der Waals surface area contributed by atoms with E-state index in [1.807, 2.05) is 0 Å². The normalized spacial score (nSPS) is 17.5. The number of likely N-dealkylation sites (tertiary alicyclic amines) is 1. The van der Waals surface area contributed by atoms with E-state index >= 15 is 0 Å². The molecule has 9 heteroatoms. The minimum Gasteiger partial charge on any atom is -0.338 e. The van der Waals surface area contributed by atoms with Gasteiger partial charge in [-0.1, -0.05) is 23.1 Å². The zero-order valence-electron chi connectivity index (χ0n) is 10.3. The average Bonchev–Trinajstić information content (AvgIpc) is 2.68. The van der Waals surface area contributed by atoms with Crippen LogP contribution in [-0.2, 0) is 0 Å². The second-order valence-electron chi connectivity index (χ2n) is 4.73. The molecular formula is C11H12ClF3N2O2S. The molecule has 112 valence electrons. The molecule has 1 aliphatic heterocycles. The van der Waals surface area contributed by atoms with Crippen molar-refractivity contribution in [3.63, 3.8) is 0 Å². The lowest BCUT2D eigenvalue weighted by Crippen LogP contribution is -2.39. The van der Waals surface area contributed by atoms with Gasteiger partial charge in [-0.25, -0.2) is 0 Å².